The van der Waals surface area contributed by atoms with E-state index in [0.717, 1.165) is 33.0 Å². The number of rotatable bonds is 7. The normalized spacial score (nSPS) is 11.1. The summed E-state index contributed by atoms with van der Waals surface area (Å²) >= 11 is 0. The third-order valence-electron chi connectivity index (χ3n) is 6.96. The Hall–Kier alpha value is -5.30. The van der Waals surface area contributed by atoms with E-state index in [4.69, 9.17) is 5.11 Å². The molecule has 0 spiro atoms. The summed E-state index contributed by atoms with van der Waals surface area (Å²) in [5.74, 6) is -1.54. The third-order valence-corrected chi connectivity index (χ3v) is 6.96. The minimum absolute atomic E-state index is 0.188. The molecule has 0 saturated heterocycles. The van der Waals surface area contributed by atoms with E-state index in [1.807, 2.05) is 60.7 Å². The Bertz CT molecular complexity index is 1880. The largest absolute Gasteiger partial charge is 0.478 e. The van der Waals surface area contributed by atoms with Crippen LogP contribution in [-0.2, 0) is 13.1 Å². The van der Waals surface area contributed by atoms with Crippen molar-refractivity contribution < 1.29 is 19.1 Å². The maximum atomic E-state index is 14.2. The van der Waals surface area contributed by atoms with E-state index < -0.39 is 5.97 Å². The summed E-state index contributed by atoms with van der Waals surface area (Å²) in [6.45, 7) is 0.637. The molecule has 5 aromatic carbocycles. The van der Waals surface area contributed by atoms with Gasteiger partial charge in [0.15, 0.2) is 0 Å². The second-order valence-corrected chi connectivity index (χ2v) is 9.61. The molecule has 0 aliphatic heterocycles. The lowest BCUT2D eigenvalue weighted by Gasteiger charge is -2.13. The Kier molecular flexibility index (Phi) is 6.54. The number of fused-ring (bicyclic) bond motifs is 2. The van der Waals surface area contributed by atoms with Crippen LogP contribution in [0.25, 0.3) is 32.8 Å². The van der Waals surface area contributed by atoms with E-state index in [1.165, 1.54) is 18.2 Å². The molecule has 40 heavy (non-hydrogen) atoms. The zero-order valence-electron chi connectivity index (χ0n) is 21.3. The van der Waals surface area contributed by atoms with Crippen LogP contribution >= 0.6 is 0 Å². The highest BCUT2D eigenvalue weighted by Gasteiger charge is 2.18. The van der Waals surface area contributed by atoms with Gasteiger partial charge in [-0.1, -0.05) is 66.7 Å². The van der Waals surface area contributed by atoms with E-state index in [2.05, 4.69) is 10.4 Å². The van der Waals surface area contributed by atoms with Crippen LogP contribution < -0.4 is 5.32 Å². The van der Waals surface area contributed by atoms with Crippen LogP contribution in [0.15, 0.2) is 109 Å². The molecule has 6 rings (SSSR count). The van der Waals surface area contributed by atoms with Crippen molar-refractivity contribution in [3.8, 4) is 11.1 Å². The SMILES string of the molecule is O=C(O)c1ccc(CNC(=O)c2cc(-c3ccccc3)cc3cnn(Cc4ccc5c(F)cccc5c4)c23)cc1. The Morgan fingerprint density at radius 3 is 2.35 bits per heavy atom. The maximum absolute atomic E-state index is 14.2. The van der Waals surface area contributed by atoms with Gasteiger partial charge in [0, 0.05) is 17.3 Å². The van der Waals surface area contributed by atoms with Crippen molar-refractivity contribution in [3.63, 3.8) is 0 Å². The number of nitrogens with one attached hydrogen (secondary N) is 1. The van der Waals surface area contributed by atoms with Crippen molar-refractivity contribution in [1.29, 1.82) is 0 Å². The van der Waals surface area contributed by atoms with Crippen LogP contribution in [-0.4, -0.2) is 26.8 Å². The van der Waals surface area contributed by atoms with Gasteiger partial charge in [0.25, 0.3) is 5.91 Å². The van der Waals surface area contributed by atoms with E-state index >= 15 is 0 Å². The molecule has 6 nitrogen and oxygen atoms in total. The van der Waals surface area contributed by atoms with Crippen LogP contribution in [0.4, 0.5) is 4.39 Å². The second kappa shape index (κ2) is 10.5. The standard InChI is InChI=1S/C33H24FN3O3/c34-30-8-4-7-25-15-22(11-14-28(25)30)20-37-31-27(19-36-37)16-26(23-5-2-1-3-6-23)17-29(31)32(38)35-18-21-9-12-24(13-10-21)33(39)40/h1-17,19H,18,20H2,(H,35,38)(H,39,40). The molecule has 7 heteroatoms. The molecule has 0 saturated carbocycles. The molecule has 0 bridgehead atoms. The van der Waals surface area contributed by atoms with Crippen molar-refractivity contribution in [2.45, 2.75) is 13.1 Å². The number of amides is 1. The van der Waals surface area contributed by atoms with Gasteiger partial charge in [0.05, 0.1) is 29.4 Å². The Balaban J connectivity index is 1.37. The monoisotopic (exact) mass is 529 g/mol. The Morgan fingerprint density at radius 1 is 0.800 bits per heavy atom. The predicted molar refractivity (Wildman–Crippen MR) is 153 cm³/mol. The van der Waals surface area contributed by atoms with Crippen molar-refractivity contribution in [1.82, 2.24) is 15.1 Å². The molecule has 1 amide bonds. The summed E-state index contributed by atoms with van der Waals surface area (Å²) in [6, 6.07) is 30.7. The number of carboxylic acids is 1. The van der Waals surface area contributed by atoms with Crippen LogP contribution in [0.1, 0.15) is 31.8 Å². The zero-order valence-corrected chi connectivity index (χ0v) is 21.3. The van der Waals surface area contributed by atoms with Gasteiger partial charge < -0.3 is 10.4 Å². The minimum Gasteiger partial charge on any atom is -0.478 e. The van der Waals surface area contributed by atoms with Crippen molar-refractivity contribution in [3.05, 3.63) is 137 Å². The number of carbonyl (C=O) groups excluding carboxylic acids is 1. The van der Waals surface area contributed by atoms with Crippen molar-refractivity contribution in [2.24, 2.45) is 0 Å². The quantitative estimate of drug-likeness (QED) is 0.242. The van der Waals surface area contributed by atoms with E-state index in [0.29, 0.717) is 23.0 Å². The van der Waals surface area contributed by atoms with Gasteiger partial charge in [-0.3, -0.25) is 9.48 Å². The summed E-state index contributed by atoms with van der Waals surface area (Å²) in [5.41, 5.74) is 4.94. The highest BCUT2D eigenvalue weighted by molar-refractivity contribution is 6.07. The fraction of sp³-hybridized carbons (Fsp3) is 0.0606. The first-order valence-corrected chi connectivity index (χ1v) is 12.8. The molecular formula is C33H24FN3O3. The number of aromatic nitrogens is 2. The summed E-state index contributed by atoms with van der Waals surface area (Å²) < 4.78 is 16.0. The van der Waals surface area contributed by atoms with Crippen LogP contribution in [0.3, 0.4) is 0 Å². The van der Waals surface area contributed by atoms with Crippen molar-refractivity contribution >= 4 is 33.6 Å². The molecule has 0 aliphatic carbocycles. The highest BCUT2D eigenvalue weighted by atomic mass is 19.1. The smallest absolute Gasteiger partial charge is 0.335 e. The van der Waals surface area contributed by atoms with Gasteiger partial charge in [-0.25, -0.2) is 9.18 Å². The van der Waals surface area contributed by atoms with Gasteiger partial charge in [0.1, 0.15) is 5.82 Å². The first-order valence-electron chi connectivity index (χ1n) is 12.8. The summed E-state index contributed by atoms with van der Waals surface area (Å²) in [7, 11) is 0. The van der Waals surface area contributed by atoms with E-state index in [1.54, 1.807) is 35.1 Å². The van der Waals surface area contributed by atoms with Gasteiger partial charge in [-0.2, -0.15) is 5.10 Å². The van der Waals surface area contributed by atoms with E-state index in [9.17, 15) is 14.0 Å². The average Bonchev–Trinajstić information content (AvgIpc) is 3.38. The highest BCUT2D eigenvalue weighted by Crippen LogP contribution is 2.29. The van der Waals surface area contributed by atoms with Gasteiger partial charge in [0.2, 0.25) is 0 Å². The van der Waals surface area contributed by atoms with Crippen LogP contribution in [0, 0.1) is 5.82 Å². The number of hydrogen-bond donors (Lipinski definition) is 2. The third kappa shape index (κ3) is 4.92. The zero-order chi connectivity index (χ0) is 27.6. The molecule has 0 radical (unpaired) electrons. The van der Waals surface area contributed by atoms with Crippen molar-refractivity contribution in [2.75, 3.05) is 0 Å². The maximum Gasteiger partial charge on any atom is 0.335 e. The molecule has 0 atom stereocenters. The molecule has 196 valence electrons. The number of aromatic carboxylic acids is 1. The van der Waals surface area contributed by atoms with Gasteiger partial charge in [-0.15, -0.1) is 0 Å². The number of carboxylic acid groups (broad SMARTS) is 1. The summed E-state index contributed by atoms with van der Waals surface area (Å²) in [6.07, 6.45) is 1.75. The van der Waals surface area contributed by atoms with Crippen LogP contribution in [0.2, 0.25) is 0 Å². The average molecular weight is 530 g/mol. The first kappa shape index (κ1) is 25.0. The lowest BCUT2D eigenvalue weighted by molar-refractivity contribution is 0.0696. The fourth-order valence-electron chi connectivity index (χ4n) is 4.93. The molecular weight excluding hydrogens is 505 g/mol. The van der Waals surface area contributed by atoms with Gasteiger partial charge in [-0.05, 0) is 64.0 Å². The number of nitrogens with zero attached hydrogens (tertiary/aromatic N) is 2. The molecule has 0 aliphatic rings. The number of hydrogen-bond acceptors (Lipinski definition) is 3. The summed E-state index contributed by atoms with van der Waals surface area (Å²) in [4.78, 5) is 24.8. The molecule has 0 unspecified atom stereocenters. The molecule has 1 heterocycles. The Morgan fingerprint density at radius 2 is 1.57 bits per heavy atom. The predicted octanol–water partition coefficient (Wildman–Crippen LogP) is 6.67. The molecule has 0 fully saturated rings. The minimum atomic E-state index is -1.000. The number of benzene rings is 5. The number of carbonyl (C=O) groups is 2. The molecule has 6 aromatic rings. The lowest BCUT2D eigenvalue weighted by Crippen LogP contribution is -2.24. The second-order valence-electron chi connectivity index (χ2n) is 9.61. The molecule has 2 N–H and O–H groups in total. The fourth-order valence-corrected chi connectivity index (χ4v) is 4.93. The van der Waals surface area contributed by atoms with Crippen LogP contribution in [0.5, 0.6) is 0 Å². The lowest BCUT2D eigenvalue weighted by atomic mass is 9.99. The summed E-state index contributed by atoms with van der Waals surface area (Å²) in [5, 5.41) is 18.9. The Labute approximate surface area is 229 Å². The first-order chi connectivity index (χ1) is 19.5. The van der Waals surface area contributed by atoms with Gasteiger partial charge >= 0.3 is 5.97 Å². The topological polar surface area (TPSA) is 84.2 Å². The van der Waals surface area contributed by atoms with E-state index in [-0.39, 0.29) is 23.8 Å². The number of halogens is 1. The molecule has 1 aromatic heterocycles.